The Hall–Kier alpha value is -1.23. The lowest BCUT2D eigenvalue weighted by Gasteiger charge is -2.05. The number of para-hydroxylation sites is 1. The van der Waals surface area contributed by atoms with Gasteiger partial charge in [0, 0.05) is 5.92 Å². The molecule has 0 saturated heterocycles. The summed E-state index contributed by atoms with van der Waals surface area (Å²) in [7, 11) is 0. The van der Waals surface area contributed by atoms with Crippen LogP contribution in [0.5, 0.6) is 0 Å². The SMILES string of the molecule is Cc1nn(-c2ccccc2)c(Cl)c1C(=O)OC[C@@H]1CC1(Cl)Cl. The molecule has 3 rings (SSSR count). The number of hydrogen-bond acceptors (Lipinski definition) is 3. The zero-order valence-electron chi connectivity index (χ0n) is 11.7. The molecular weight excluding hydrogens is 347 g/mol. The monoisotopic (exact) mass is 358 g/mol. The highest BCUT2D eigenvalue weighted by atomic mass is 35.5. The lowest BCUT2D eigenvalue weighted by atomic mass is 10.2. The van der Waals surface area contributed by atoms with Crippen molar-refractivity contribution >= 4 is 40.8 Å². The molecule has 1 saturated carbocycles. The first-order chi connectivity index (χ1) is 10.4. The van der Waals surface area contributed by atoms with Gasteiger partial charge < -0.3 is 4.74 Å². The number of aromatic nitrogens is 2. The Kier molecular flexibility index (Phi) is 4.10. The summed E-state index contributed by atoms with van der Waals surface area (Å²) < 4.78 is 5.99. The van der Waals surface area contributed by atoms with Crippen molar-refractivity contribution in [3.8, 4) is 5.69 Å². The predicted octanol–water partition coefficient (Wildman–Crippen LogP) is 4.18. The summed E-state index contributed by atoms with van der Waals surface area (Å²) in [6.07, 6.45) is 0.624. The maximum atomic E-state index is 12.2. The van der Waals surface area contributed by atoms with Crippen LogP contribution in [0.2, 0.25) is 5.15 Å². The summed E-state index contributed by atoms with van der Waals surface area (Å²) in [5.41, 5.74) is 1.55. The summed E-state index contributed by atoms with van der Waals surface area (Å²) >= 11 is 18.1. The third-order valence-electron chi connectivity index (χ3n) is 3.58. The van der Waals surface area contributed by atoms with E-state index in [-0.39, 0.29) is 23.2 Å². The summed E-state index contributed by atoms with van der Waals surface area (Å²) in [4.78, 5) is 12.2. The third-order valence-corrected chi connectivity index (χ3v) is 4.86. The first-order valence-electron chi connectivity index (χ1n) is 6.75. The smallest absolute Gasteiger partial charge is 0.343 e. The van der Waals surface area contributed by atoms with Crippen molar-refractivity contribution in [3.05, 3.63) is 46.7 Å². The van der Waals surface area contributed by atoms with Gasteiger partial charge in [0.05, 0.1) is 18.0 Å². The van der Waals surface area contributed by atoms with Crippen LogP contribution in [-0.4, -0.2) is 26.7 Å². The fourth-order valence-corrected chi connectivity index (χ4v) is 3.02. The highest BCUT2D eigenvalue weighted by Gasteiger charge is 2.52. The average molecular weight is 360 g/mol. The highest BCUT2D eigenvalue weighted by molar-refractivity contribution is 6.50. The molecule has 0 bridgehead atoms. The lowest BCUT2D eigenvalue weighted by molar-refractivity contribution is 0.0484. The molecule has 1 aromatic carbocycles. The van der Waals surface area contributed by atoms with Crippen LogP contribution in [0.1, 0.15) is 22.5 Å². The van der Waals surface area contributed by atoms with Crippen molar-refractivity contribution in [2.24, 2.45) is 5.92 Å². The Morgan fingerprint density at radius 1 is 1.41 bits per heavy atom. The van der Waals surface area contributed by atoms with Crippen molar-refractivity contribution in [1.29, 1.82) is 0 Å². The van der Waals surface area contributed by atoms with E-state index in [2.05, 4.69) is 5.10 Å². The number of ether oxygens (including phenoxy) is 1. The van der Waals surface area contributed by atoms with Gasteiger partial charge in [-0.05, 0) is 25.5 Å². The Labute approximate surface area is 142 Å². The fraction of sp³-hybridized carbons (Fsp3) is 0.333. The van der Waals surface area contributed by atoms with E-state index in [1.807, 2.05) is 30.3 Å². The second-order valence-electron chi connectivity index (χ2n) is 5.26. The summed E-state index contributed by atoms with van der Waals surface area (Å²) in [6.45, 7) is 1.89. The number of aryl methyl sites for hydroxylation is 1. The Morgan fingerprint density at radius 2 is 2.05 bits per heavy atom. The first-order valence-corrected chi connectivity index (χ1v) is 7.89. The Bertz CT molecular complexity index is 713. The van der Waals surface area contributed by atoms with E-state index < -0.39 is 10.3 Å². The Morgan fingerprint density at radius 3 is 2.64 bits per heavy atom. The maximum Gasteiger partial charge on any atom is 0.343 e. The molecule has 1 aromatic heterocycles. The molecule has 1 aliphatic rings. The normalized spacial score (nSPS) is 19.0. The molecule has 1 aliphatic carbocycles. The van der Waals surface area contributed by atoms with Gasteiger partial charge in [-0.1, -0.05) is 29.8 Å². The van der Waals surface area contributed by atoms with Crippen LogP contribution in [0.4, 0.5) is 0 Å². The largest absolute Gasteiger partial charge is 0.462 e. The standard InChI is InChI=1S/C15H13Cl3N2O2/c1-9-12(14(21)22-8-10-7-15(10,17)18)13(16)20(19-9)11-5-3-2-4-6-11/h2-6,10H,7-8H2,1H3/t10-/m0/s1. The van der Waals surface area contributed by atoms with E-state index in [1.54, 1.807) is 6.92 Å². The molecule has 22 heavy (non-hydrogen) atoms. The van der Waals surface area contributed by atoms with Gasteiger partial charge in [-0.25, -0.2) is 9.48 Å². The van der Waals surface area contributed by atoms with Crippen molar-refractivity contribution < 1.29 is 9.53 Å². The average Bonchev–Trinajstić information content (AvgIpc) is 2.98. The molecule has 2 aromatic rings. The van der Waals surface area contributed by atoms with E-state index >= 15 is 0 Å². The number of benzene rings is 1. The number of esters is 1. The zero-order chi connectivity index (χ0) is 15.9. The zero-order valence-corrected chi connectivity index (χ0v) is 14.0. The topological polar surface area (TPSA) is 44.1 Å². The molecular formula is C15H13Cl3N2O2. The molecule has 7 heteroatoms. The van der Waals surface area contributed by atoms with E-state index in [0.29, 0.717) is 12.1 Å². The summed E-state index contributed by atoms with van der Waals surface area (Å²) in [5.74, 6) is -0.538. The predicted molar refractivity (Wildman–Crippen MR) is 86.1 cm³/mol. The molecule has 0 N–H and O–H groups in total. The minimum atomic E-state index is -0.770. The molecule has 1 atom stereocenters. The first kappa shape index (κ1) is 15.7. The second-order valence-corrected chi connectivity index (χ2v) is 7.16. The van der Waals surface area contributed by atoms with Gasteiger partial charge in [0.2, 0.25) is 0 Å². The van der Waals surface area contributed by atoms with Crippen molar-refractivity contribution in [3.63, 3.8) is 0 Å². The summed E-state index contributed by atoms with van der Waals surface area (Å²) in [6, 6.07) is 9.34. The van der Waals surface area contributed by atoms with Gasteiger partial charge in [-0.2, -0.15) is 5.10 Å². The van der Waals surface area contributed by atoms with Crippen molar-refractivity contribution in [1.82, 2.24) is 9.78 Å². The highest BCUT2D eigenvalue weighted by Crippen LogP contribution is 2.53. The van der Waals surface area contributed by atoms with Gasteiger partial charge in [0.1, 0.15) is 15.0 Å². The van der Waals surface area contributed by atoms with Crippen LogP contribution in [0.15, 0.2) is 30.3 Å². The van der Waals surface area contributed by atoms with E-state index in [9.17, 15) is 4.79 Å². The molecule has 4 nitrogen and oxygen atoms in total. The van der Waals surface area contributed by atoms with E-state index in [4.69, 9.17) is 39.5 Å². The number of hydrogen-bond donors (Lipinski definition) is 0. The van der Waals surface area contributed by atoms with Gasteiger partial charge >= 0.3 is 5.97 Å². The lowest BCUT2D eigenvalue weighted by Crippen LogP contribution is -2.10. The second kappa shape index (κ2) is 5.76. The third kappa shape index (κ3) is 2.96. The van der Waals surface area contributed by atoms with Crippen LogP contribution in [0.25, 0.3) is 5.69 Å². The number of nitrogens with zero attached hydrogens (tertiary/aromatic N) is 2. The van der Waals surface area contributed by atoms with Gasteiger partial charge in [0.25, 0.3) is 0 Å². The van der Waals surface area contributed by atoms with Gasteiger partial charge in [-0.3, -0.25) is 0 Å². The molecule has 1 fully saturated rings. The number of carbonyl (C=O) groups excluding carboxylic acids is 1. The molecule has 116 valence electrons. The molecule has 0 amide bonds. The van der Waals surface area contributed by atoms with Gasteiger partial charge in [-0.15, -0.1) is 23.2 Å². The molecule has 1 heterocycles. The fourth-order valence-electron chi connectivity index (χ4n) is 2.17. The van der Waals surface area contributed by atoms with Crippen LogP contribution in [0, 0.1) is 12.8 Å². The van der Waals surface area contributed by atoms with Crippen LogP contribution in [0.3, 0.4) is 0 Å². The van der Waals surface area contributed by atoms with E-state index in [1.165, 1.54) is 4.68 Å². The van der Waals surface area contributed by atoms with Crippen molar-refractivity contribution in [2.75, 3.05) is 6.61 Å². The van der Waals surface area contributed by atoms with Gasteiger partial charge in [0.15, 0.2) is 0 Å². The molecule has 0 aliphatic heterocycles. The van der Waals surface area contributed by atoms with Crippen LogP contribution >= 0.6 is 34.8 Å². The van der Waals surface area contributed by atoms with E-state index in [0.717, 1.165) is 5.69 Å². The molecule has 0 spiro atoms. The minimum Gasteiger partial charge on any atom is -0.462 e. The minimum absolute atomic E-state index is 0.0250. The molecule has 0 radical (unpaired) electrons. The summed E-state index contributed by atoms with van der Waals surface area (Å²) in [5, 5.41) is 4.53. The Balaban J connectivity index is 1.79. The quantitative estimate of drug-likeness (QED) is 0.607. The van der Waals surface area contributed by atoms with Crippen molar-refractivity contribution in [2.45, 2.75) is 17.7 Å². The maximum absolute atomic E-state index is 12.2. The number of rotatable bonds is 4. The molecule has 0 unspecified atom stereocenters. The van der Waals surface area contributed by atoms with Crippen LogP contribution in [-0.2, 0) is 4.74 Å². The number of halogens is 3. The van der Waals surface area contributed by atoms with Crippen LogP contribution < -0.4 is 0 Å². The number of carbonyl (C=O) groups is 1. The number of alkyl halides is 2.